The van der Waals surface area contributed by atoms with E-state index in [4.69, 9.17) is 5.73 Å². The second kappa shape index (κ2) is 5.05. The lowest BCUT2D eigenvalue weighted by Crippen LogP contribution is -2.49. The molecule has 2 fully saturated rings. The summed E-state index contributed by atoms with van der Waals surface area (Å²) in [5, 5.41) is 6.97. The van der Waals surface area contributed by atoms with E-state index in [1.165, 1.54) is 4.90 Å². The van der Waals surface area contributed by atoms with Gasteiger partial charge in [-0.2, -0.15) is 5.10 Å². The van der Waals surface area contributed by atoms with Crippen molar-refractivity contribution in [2.75, 3.05) is 12.3 Å². The Hall–Kier alpha value is -2.05. The molecule has 0 bridgehead atoms. The molecule has 2 heterocycles. The number of carbonyl (C=O) groups is 2. The lowest BCUT2D eigenvalue weighted by Gasteiger charge is -2.33. The Morgan fingerprint density at radius 2 is 2.10 bits per heavy atom. The summed E-state index contributed by atoms with van der Waals surface area (Å²) in [6, 6.07) is 1.41. The molecule has 7 nitrogen and oxygen atoms in total. The van der Waals surface area contributed by atoms with Crippen LogP contribution in [-0.4, -0.2) is 38.7 Å². The SMILES string of the molecule is CC1CCC2(CC1)NC(=O)N(CCn1ccc(N)n1)C2=O. The van der Waals surface area contributed by atoms with Gasteiger partial charge in [0, 0.05) is 6.20 Å². The molecule has 1 aromatic rings. The van der Waals surface area contributed by atoms with Gasteiger partial charge in [-0.1, -0.05) is 6.92 Å². The van der Waals surface area contributed by atoms with Crippen LogP contribution in [0.15, 0.2) is 12.3 Å². The van der Waals surface area contributed by atoms with Gasteiger partial charge in [-0.3, -0.25) is 14.4 Å². The van der Waals surface area contributed by atoms with Crippen molar-refractivity contribution in [1.82, 2.24) is 20.0 Å². The molecule has 1 aromatic heterocycles. The van der Waals surface area contributed by atoms with Crippen molar-refractivity contribution in [1.29, 1.82) is 0 Å². The second-order valence-electron chi connectivity index (χ2n) is 6.16. The molecule has 0 atom stereocenters. The molecule has 1 aliphatic carbocycles. The zero-order valence-corrected chi connectivity index (χ0v) is 12.2. The van der Waals surface area contributed by atoms with E-state index in [0.29, 0.717) is 24.8 Å². The van der Waals surface area contributed by atoms with E-state index in [-0.39, 0.29) is 11.9 Å². The maximum atomic E-state index is 12.6. The minimum Gasteiger partial charge on any atom is -0.382 e. The van der Waals surface area contributed by atoms with E-state index in [2.05, 4.69) is 17.3 Å². The molecule has 1 saturated heterocycles. The zero-order valence-electron chi connectivity index (χ0n) is 12.2. The Kier molecular flexibility index (Phi) is 3.35. The third kappa shape index (κ3) is 2.48. The van der Waals surface area contributed by atoms with Crippen molar-refractivity contribution < 1.29 is 9.59 Å². The van der Waals surface area contributed by atoms with Gasteiger partial charge in [0.1, 0.15) is 11.4 Å². The fourth-order valence-electron chi connectivity index (χ4n) is 3.18. The number of carbonyl (C=O) groups excluding carboxylic acids is 2. The first-order chi connectivity index (χ1) is 10.00. The molecule has 3 N–H and O–H groups in total. The summed E-state index contributed by atoms with van der Waals surface area (Å²) in [7, 11) is 0. The highest BCUT2D eigenvalue weighted by atomic mass is 16.2. The maximum absolute atomic E-state index is 12.6. The van der Waals surface area contributed by atoms with Crippen LogP contribution in [-0.2, 0) is 11.3 Å². The average molecular weight is 291 g/mol. The molecule has 3 amide bonds. The van der Waals surface area contributed by atoms with Gasteiger partial charge in [-0.25, -0.2) is 4.79 Å². The number of nitrogens with zero attached hydrogens (tertiary/aromatic N) is 3. The van der Waals surface area contributed by atoms with Gasteiger partial charge in [0.2, 0.25) is 0 Å². The first kappa shape index (κ1) is 13.9. The van der Waals surface area contributed by atoms with Crippen LogP contribution in [0.2, 0.25) is 0 Å². The van der Waals surface area contributed by atoms with Crippen LogP contribution in [0.1, 0.15) is 32.6 Å². The predicted molar refractivity (Wildman–Crippen MR) is 77.2 cm³/mol. The quantitative estimate of drug-likeness (QED) is 0.811. The van der Waals surface area contributed by atoms with Crippen molar-refractivity contribution in [3.63, 3.8) is 0 Å². The monoisotopic (exact) mass is 291 g/mol. The van der Waals surface area contributed by atoms with E-state index in [1.54, 1.807) is 16.9 Å². The first-order valence-electron chi connectivity index (χ1n) is 7.43. The van der Waals surface area contributed by atoms with Crippen LogP contribution in [0.3, 0.4) is 0 Å². The summed E-state index contributed by atoms with van der Waals surface area (Å²) >= 11 is 0. The van der Waals surface area contributed by atoms with E-state index in [1.807, 2.05) is 0 Å². The lowest BCUT2D eigenvalue weighted by molar-refractivity contribution is -0.132. The molecule has 21 heavy (non-hydrogen) atoms. The van der Waals surface area contributed by atoms with Crippen molar-refractivity contribution in [3.05, 3.63) is 12.3 Å². The molecule has 0 aromatic carbocycles. The van der Waals surface area contributed by atoms with Crippen LogP contribution in [0, 0.1) is 5.92 Å². The summed E-state index contributed by atoms with van der Waals surface area (Å²) in [6.07, 6.45) is 5.19. The molecular formula is C14H21N5O2. The van der Waals surface area contributed by atoms with Gasteiger partial charge < -0.3 is 11.1 Å². The Morgan fingerprint density at radius 3 is 2.71 bits per heavy atom. The number of anilines is 1. The number of hydrogen-bond acceptors (Lipinski definition) is 4. The van der Waals surface area contributed by atoms with Gasteiger partial charge in [-0.05, 0) is 37.7 Å². The van der Waals surface area contributed by atoms with Crippen LogP contribution < -0.4 is 11.1 Å². The molecule has 3 rings (SSSR count). The minimum absolute atomic E-state index is 0.0838. The van der Waals surface area contributed by atoms with Crippen molar-refractivity contribution >= 4 is 17.8 Å². The average Bonchev–Trinajstić information content (AvgIpc) is 2.96. The Labute approximate surface area is 123 Å². The number of rotatable bonds is 3. The topological polar surface area (TPSA) is 93.2 Å². The number of aromatic nitrogens is 2. The number of urea groups is 1. The maximum Gasteiger partial charge on any atom is 0.325 e. The van der Waals surface area contributed by atoms with Crippen molar-refractivity contribution in [3.8, 4) is 0 Å². The van der Waals surface area contributed by atoms with E-state index in [9.17, 15) is 9.59 Å². The van der Waals surface area contributed by atoms with Crippen molar-refractivity contribution in [2.24, 2.45) is 5.92 Å². The lowest BCUT2D eigenvalue weighted by atomic mass is 9.77. The first-order valence-corrected chi connectivity index (χ1v) is 7.43. The van der Waals surface area contributed by atoms with Crippen LogP contribution in [0.4, 0.5) is 10.6 Å². The number of amides is 3. The molecule has 1 spiro atoms. The fourth-order valence-corrected chi connectivity index (χ4v) is 3.18. The standard InChI is InChI=1S/C14H21N5O2/c1-10-2-5-14(6-3-10)12(20)19(13(21)16-14)9-8-18-7-4-11(15)17-18/h4,7,10H,2-3,5-6,8-9H2,1H3,(H2,15,17)(H,16,21). The predicted octanol–water partition coefficient (Wildman–Crippen LogP) is 0.966. The number of hydrogen-bond donors (Lipinski definition) is 2. The summed E-state index contributed by atoms with van der Waals surface area (Å²) in [6.45, 7) is 2.97. The Bertz CT molecular complexity index is 559. The Balaban J connectivity index is 1.66. The largest absolute Gasteiger partial charge is 0.382 e. The summed E-state index contributed by atoms with van der Waals surface area (Å²) < 4.78 is 1.64. The van der Waals surface area contributed by atoms with Gasteiger partial charge in [-0.15, -0.1) is 0 Å². The number of nitrogens with one attached hydrogen (secondary N) is 1. The van der Waals surface area contributed by atoms with Gasteiger partial charge >= 0.3 is 6.03 Å². The van der Waals surface area contributed by atoms with E-state index in [0.717, 1.165) is 25.7 Å². The third-order valence-electron chi connectivity index (χ3n) is 4.59. The number of nitrogen functional groups attached to an aromatic ring is 1. The molecule has 1 aliphatic heterocycles. The highest BCUT2D eigenvalue weighted by Crippen LogP contribution is 2.36. The second-order valence-corrected chi connectivity index (χ2v) is 6.16. The minimum atomic E-state index is -0.660. The fraction of sp³-hybridized carbons (Fsp3) is 0.643. The van der Waals surface area contributed by atoms with Gasteiger partial charge in [0.15, 0.2) is 0 Å². The molecule has 114 valence electrons. The number of imide groups is 1. The molecule has 0 radical (unpaired) electrons. The Morgan fingerprint density at radius 1 is 1.38 bits per heavy atom. The van der Waals surface area contributed by atoms with Gasteiger partial charge in [0.25, 0.3) is 5.91 Å². The zero-order chi connectivity index (χ0) is 15.0. The summed E-state index contributed by atoms with van der Waals surface area (Å²) in [5.74, 6) is 0.978. The number of nitrogens with two attached hydrogens (primary N) is 1. The van der Waals surface area contributed by atoms with Crippen LogP contribution >= 0.6 is 0 Å². The highest BCUT2D eigenvalue weighted by molar-refractivity contribution is 6.07. The normalized spacial score (nSPS) is 29.2. The third-order valence-corrected chi connectivity index (χ3v) is 4.59. The highest BCUT2D eigenvalue weighted by Gasteiger charge is 2.51. The van der Waals surface area contributed by atoms with Crippen molar-refractivity contribution in [2.45, 2.75) is 44.7 Å². The molecule has 7 heteroatoms. The summed E-state index contributed by atoms with van der Waals surface area (Å²) in [5.41, 5.74) is 4.89. The molecule has 1 saturated carbocycles. The molecule has 2 aliphatic rings. The van der Waals surface area contributed by atoms with E-state index >= 15 is 0 Å². The van der Waals surface area contributed by atoms with Crippen LogP contribution in [0.5, 0.6) is 0 Å². The molecular weight excluding hydrogens is 270 g/mol. The molecule has 0 unspecified atom stereocenters. The van der Waals surface area contributed by atoms with E-state index < -0.39 is 5.54 Å². The summed E-state index contributed by atoms with van der Waals surface area (Å²) in [4.78, 5) is 26.0. The van der Waals surface area contributed by atoms with Crippen LogP contribution in [0.25, 0.3) is 0 Å². The smallest absolute Gasteiger partial charge is 0.325 e. The van der Waals surface area contributed by atoms with Gasteiger partial charge in [0.05, 0.1) is 13.1 Å².